The highest BCUT2D eigenvalue weighted by molar-refractivity contribution is 6.41. The minimum Gasteiger partial charge on any atom is -0.481 e. The maximum absolute atomic E-state index is 16.3. The van der Waals surface area contributed by atoms with Crippen LogP contribution < -0.4 is 5.73 Å². The minimum absolute atomic E-state index is 0.0185. The third-order valence-corrected chi connectivity index (χ3v) is 8.55. The van der Waals surface area contributed by atoms with E-state index in [0.29, 0.717) is 17.2 Å². The monoisotopic (exact) mass is 712 g/mol. The maximum Gasteiger partial charge on any atom is 0.418 e. The molecule has 11 heteroatoms. The van der Waals surface area contributed by atoms with E-state index in [1.807, 2.05) is 14.0 Å². The Bertz CT molecular complexity index is 1410. The maximum atomic E-state index is 16.3. The van der Waals surface area contributed by atoms with Crippen molar-refractivity contribution in [2.45, 2.75) is 113 Å². The van der Waals surface area contributed by atoms with E-state index < -0.39 is 28.8 Å². The molecule has 276 valence electrons. The van der Waals surface area contributed by atoms with Crippen molar-refractivity contribution in [3.05, 3.63) is 76.2 Å². The first kappa shape index (κ1) is 45.6. The largest absolute Gasteiger partial charge is 0.481 e. The number of anilines is 1. The summed E-state index contributed by atoms with van der Waals surface area (Å²) in [7, 11) is 3.23. The summed E-state index contributed by atoms with van der Waals surface area (Å²) < 4.78 is 63.6. The number of nitrogens with zero attached hydrogens (tertiary/aromatic N) is 3. The first-order chi connectivity index (χ1) is 22.7. The lowest BCUT2D eigenvalue weighted by Gasteiger charge is -2.36. The predicted molar refractivity (Wildman–Crippen MR) is 198 cm³/mol. The smallest absolute Gasteiger partial charge is 0.418 e. The summed E-state index contributed by atoms with van der Waals surface area (Å²) in [5, 5.41) is -0.249. The second-order valence-corrected chi connectivity index (χ2v) is 12.9. The van der Waals surface area contributed by atoms with Gasteiger partial charge in [0.05, 0.1) is 29.0 Å². The van der Waals surface area contributed by atoms with Gasteiger partial charge in [0.15, 0.2) is 11.6 Å². The fourth-order valence-corrected chi connectivity index (χ4v) is 5.33. The Kier molecular flexibility index (Phi) is 20.1. The molecule has 0 saturated heterocycles. The topological polar surface area (TPSA) is 80.8 Å². The van der Waals surface area contributed by atoms with Gasteiger partial charge in [-0.1, -0.05) is 85.4 Å². The number of hydrogen-bond donors (Lipinski definition) is 1. The summed E-state index contributed by atoms with van der Waals surface area (Å²) in [4.78, 5) is 19.8. The van der Waals surface area contributed by atoms with Gasteiger partial charge in [0.1, 0.15) is 11.5 Å². The van der Waals surface area contributed by atoms with Crippen LogP contribution in [0.3, 0.4) is 0 Å². The van der Waals surface area contributed by atoms with Crippen LogP contribution in [0.5, 0.6) is 0 Å². The van der Waals surface area contributed by atoms with Gasteiger partial charge in [0.25, 0.3) is 0 Å². The van der Waals surface area contributed by atoms with Crippen molar-refractivity contribution >= 4 is 34.5 Å². The van der Waals surface area contributed by atoms with Gasteiger partial charge in [-0.2, -0.15) is 13.2 Å². The number of aryl methyl sites for hydroxylation is 1. The number of halogens is 5. The van der Waals surface area contributed by atoms with Gasteiger partial charge >= 0.3 is 6.18 Å². The van der Waals surface area contributed by atoms with Crippen LogP contribution >= 0.6 is 11.6 Å². The molecule has 1 aromatic rings. The molecular formula is C38H57ClF4N4O2. The number of aromatic nitrogens is 1. The SMILES string of the molecule is C=C(/N=C1/C(F)=C(c2nc(N)cc(C)c2C(F)(F)F)C(Cl)=C/C1=C(/C)N(C)[C@H](CCC(C)CC)C(C)C)OC.C=CC(C)=O.CCCCC. The Labute approximate surface area is 296 Å². The van der Waals surface area contributed by atoms with Crippen molar-refractivity contribution < 1.29 is 27.1 Å². The zero-order chi connectivity index (χ0) is 38.2. The van der Waals surface area contributed by atoms with E-state index >= 15 is 4.39 Å². The summed E-state index contributed by atoms with van der Waals surface area (Å²) in [6.07, 6.45) is 4.94. The molecule has 0 radical (unpaired) electrons. The molecule has 0 saturated carbocycles. The fourth-order valence-electron chi connectivity index (χ4n) is 5.04. The van der Waals surface area contributed by atoms with E-state index in [4.69, 9.17) is 22.1 Å². The van der Waals surface area contributed by atoms with Crippen molar-refractivity contribution in [3.8, 4) is 0 Å². The Balaban J connectivity index is 0.00000201. The van der Waals surface area contributed by atoms with Crippen LogP contribution in [-0.2, 0) is 15.7 Å². The molecule has 0 bridgehead atoms. The summed E-state index contributed by atoms with van der Waals surface area (Å²) in [6, 6.07) is 1.21. The quantitative estimate of drug-likeness (QED) is 0.125. The molecule has 0 aliphatic heterocycles. The fraction of sp³-hybridized carbons (Fsp3) is 0.553. The number of alkyl halides is 3. The standard InChI is InChI=1S/C29H39ClF4N4O.C5H12.C4H6O/c1-10-16(4)11-12-22(15(2)3)38(8)18(6)20-14-21(30)24(26(31)27(20)36-19(7)39-9)28-25(29(32,33)34)17(5)13-23(35)37-28;1-3-5-4-2;1-3-4(2)5/h13-16,22H,7,10-12H2,1-6,8-9H3,(H2,35,37);3-5H2,1-2H3;3H,1H2,2H3/b20-18+,36-27+;;/t16?,22-;;/m1../s1. The molecule has 1 aliphatic carbocycles. The molecule has 0 fully saturated rings. The molecule has 1 aliphatic rings. The number of carbonyl (C=O) groups excluding carboxylic acids is 1. The van der Waals surface area contributed by atoms with Crippen LogP contribution in [0, 0.1) is 18.8 Å². The van der Waals surface area contributed by atoms with E-state index in [-0.39, 0.29) is 45.8 Å². The number of methoxy groups -OCH3 is 1. The van der Waals surface area contributed by atoms with Crippen molar-refractivity contribution in [2.24, 2.45) is 16.8 Å². The summed E-state index contributed by atoms with van der Waals surface area (Å²) >= 11 is 6.54. The molecule has 6 nitrogen and oxygen atoms in total. The number of ketones is 1. The van der Waals surface area contributed by atoms with Gasteiger partial charge in [-0.15, -0.1) is 0 Å². The van der Waals surface area contributed by atoms with Crippen LogP contribution in [0.2, 0.25) is 0 Å². The molecule has 0 spiro atoms. The number of allylic oxidation sites excluding steroid dienone is 7. The molecule has 1 heterocycles. The van der Waals surface area contributed by atoms with Gasteiger partial charge in [-0.3, -0.25) is 4.79 Å². The van der Waals surface area contributed by atoms with Gasteiger partial charge in [-0.05, 0) is 75.8 Å². The number of unbranched alkanes of at least 4 members (excludes halogenated alkanes) is 2. The predicted octanol–water partition coefficient (Wildman–Crippen LogP) is 11.4. The number of nitrogen functional groups attached to an aromatic ring is 1. The average Bonchev–Trinajstić information content (AvgIpc) is 3.01. The first-order valence-electron chi connectivity index (χ1n) is 16.7. The lowest BCUT2D eigenvalue weighted by Crippen LogP contribution is -2.36. The Morgan fingerprint density at radius 1 is 1.16 bits per heavy atom. The van der Waals surface area contributed by atoms with Gasteiger partial charge in [0, 0.05) is 24.4 Å². The van der Waals surface area contributed by atoms with Gasteiger partial charge in [0.2, 0.25) is 5.88 Å². The molecular weight excluding hydrogens is 656 g/mol. The number of rotatable bonds is 13. The number of nitrogens with two attached hydrogens (primary N) is 1. The first-order valence-corrected chi connectivity index (χ1v) is 17.1. The van der Waals surface area contributed by atoms with E-state index in [1.54, 1.807) is 0 Å². The van der Waals surface area contributed by atoms with E-state index in [9.17, 15) is 18.0 Å². The molecule has 0 amide bonds. The van der Waals surface area contributed by atoms with Crippen LogP contribution in [0.15, 0.2) is 64.4 Å². The van der Waals surface area contributed by atoms with Crippen molar-refractivity contribution in [1.29, 1.82) is 0 Å². The molecule has 2 atom stereocenters. The number of hydrogen-bond acceptors (Lipinski definition) is 6. The highest BCUT2D eigenvalue weighted by Crippen LogP contribution is 2.44. The van der Waals surface area contributed by atoms with Crippen LogP contribution in [-0.4, -0.2) is 41.6 Å². The van der Waals surface area contributed by atoms with Crippen molar-refractivity contribution in [3.63, 3.8) is 0 Å². The van der Waals surface area contributed by atoms with E-state index in [2.05, 4.69) is 69.6 Å². The zero-order valence-corrected chi connectivity index (χ0v) is 32.0. The molecule has 1 aromatic heterocycles. The molecule has 2 rings (SSSR count). The molecule has 1 unspecified atom stereocenters. The lowest BCUT2D eigenvalue weighted by molar-refractivity contribution is -0.138. The summed E-state index contributed by atoms with van der Waals surface area (Å²) in [5.74, 6) is -0.546. The van der Waals surface area contributed by atoms with Crippen molar-refractivity contribution in [2.75, 3.05) is 19.9 Å². The van der Waals surface area contributed by atoms with Crippen LogP contribution in [0.25, 0.3) is 5.57 Å². The molecule has 0 aromatic carbocycles. The lowest BCUT2D eigenvalue weighted by atomic mass is 9.89. The van der Waals surface area contributed by atoms with E-state index in [1.165, 1.54) is 52.4 Å². The third kappa shape index (κ3) is 14.2. The third-order valence-electron chi connectivity index (χ3n) is 8.25. The summed E-state index contributed by atoms with van der Waals surface area (Å²) in [5.41, 5.74) is 3.93. The minimum atomic E-state index is -4.83. The second-order valence-electron chi connectivity index (χ2n) is 12.5. The number of carbonyl (C=O) groups is 1. The van der Waals surface area contributed by atoms with Crippen molar-refractivity contribution in [1.82, 2.24) is 9.88 Å². The zero-order valence-electron chi connectivity index (χ0n) is 31.2. The highest BCUT2D eigenvalue weighted by Gasteiger charge is 2.40. The Morgan fingerprint density at radius 3 is 2.12 bits per heavy atom. The summed E-state index contributed by atoms with van der Waals surface area (Å²) in [6.45, 7) is 24.4. The number of ether oxygens (including phenoxy) is 1. The van der Waals surface area contributed by atoms with Gasteiger partial charge in [-0.25, -0.2) is 14.4 Å². The number of aliphatic imine (C=N–C) groups is 1. The van der Waals surface area contributed by atoms with Gasteiger partial charge < -0.3 is 15.4 Å². The Hall–Kier alpha value is -3.40. The van der Waals surface area contributed by atoms with Crippen LogP contribution in [0.1, 0.15) is 111 Å². The molecule has 49 heavy (non-hydrogen) atoms. The second kappa shape index (κ2) is 21.6. The van der Waals surface area contributed by atoms with Crippen LogP contribution in [0.4, 0.5) is 23.4 Å². The average molecular weight is 713 g/mol. The normalized spacial score (nSPS) is 16.1. The highest BCUT2D eigenvalue weighted by atomic mass is 35.5. The number of pyridine rings is 1. The Morgan fingerprint density at radius 2 is 1.71 bits per heavy atom. The van der Waals surface area contributed by atoms with E-state index in [0.717, 1.165) is 25.3 Å². The molecule has 2 N–H and O–H groups in total.